The Morgan fingerprint density at radius 3 is 2.83 bits per heavy atom. The summed E-state index contributed by atoms with van der Waals surface area (Å²) in [6.45, 7) is 1.81. The molecule has 0 unspecified atom stereocenters. The number of amides is 1. The van der Waals surface area contributed by atoms with Crippen molar-refractivity contribution >= 4 is 28.8 Å². The zero-order valence-corrected chi connectivity index (χ0v) is 12.7. The predicted molar refractivity (Wildman–Crippen MR) is 89.1 cm³/mol. The fourth-order valence-electron chi connectivity index (χ4n) is 2.33. The quantitative estimate of drug-likeness (QED) is 0.452. The molecule has 0 aliphatic heterocycles. The molecule has 0 aliphatic rings. The van der Waals surface area contributed by atoms with Gasteiger partial charge in [0.2, 0.25) is 0 Å². The van der Waals surface area contributed by atoms with Gasteiger partial charge >= 0.3 is 0 Å². The second-order valence-corrected chi connectivity index (χ2v) is 5.07. The lowest BCUT2D eigenvalue weighted by molar-refractivity contribution is -0.384. The minimum atomic E-state index is -0.555. The third kappa shape index (κ3) is 3.00. The average Bonchev–Trinajstić information content (AvgIpc) is 2.90. The maximum absolute atomic E-state index is 12.0. The smallest absolute Gasteiger partial charge is 0.271 e. The van der Waals surface area contributed by atoms with Gasteiger partial charge in [-0.15, -0.1) is 0 Å². The van der Waals surface area contributed by atoms with Crippen molar-refractivity contribution in [2.45, 2.75) is 6.92 Å². The maximum Gasteiger partial charge on any atom is 0.271 e. The Balaban J connectivity index is 1.78. The molecular weight excluding hydrogens is 310 g/mol. The summed E-state index contributed by atoms with van der Waals surface area (Å²) in [5, 5.41) is 15.6. The lowest BCUT2D eigenvalue weighted by atomic mass is 10.1. The van der Waals surface area contributed by atoms with Gasteiger partial charge in [0.05, 0.1) is 11.1 Å². The molecule has 1 aromatic heterocycles. The fourth-order valence-corrected chi connectivity index (χ4v) is 2.33. The molecule has 7 nitrogen and oxygen atoms in total. The molecule has 3 rings (SSSR count). The number of rotatable bonds is 4. The molecule has 1 amide bonds. The Bertz CT molecular complexity index is 959. The van der Waals surface area contributed by atoms with Crippen molar-refractivity contribution in [3.8, 4) is 0 Å². The Hall–Kier alpha value is -3.48. The molecule has 2 aromatic carbocycles. The van der Waals surface area contributed by atoms with Crippen LogP contribution in [0.1, 0.15) is 21.7 Å². The number of carbonyl (C=O) groups is 1. The van der Waals surface area contributed by atoms with E-state index in [0.717, 1.165) is 16.5 Å². The molecule has 120 valence electrons. The molecule has 0 bridgehead atoms. The van der Waals surface area contributed by atoms with E-state index in [9.17, 15) is 14.9 Å². The third-order valence-electron chi connectivity index (χ3n) is 3.50. The number of aryl methyl sites for hydroxylation is 1. The normalized spacial score (nSPS) is 11.0. The first-order valence-electron chi connectivity index (χ1n) is 7.12. The van der Waals surface area contributed by atoms with Gasteiger partial charge in [0.1, 0.15) is 11.3 Å². The maximum atomic E-state index is 12.0. The average molecular weight is 323 g/mol. The molecule has 7 heteroatoms. The van der Waals surface area contributed by atoms with Gasteiger partial charge in [-0.05, 0) is 19.1 Å². The van der Waals surface area contributed by atoms with E-state index in [4.69, 9.17) is 4.42 Å². The number of hydrogen-bond donors (Lipinski definition) is 1. The minimum absolute atomic E-state index is 0.150. The first kappa shape index (κ1) is 15.4. The van der Waals surface area contributed by atoms with Crippen LogP contribution in [0.2, 0.25) is 0 Å². The van der Waals surface area contributed by atoms with E-state index in [-0.39, 0.29) is 11.3 Å². The Morgan fingerprint density at radius 2 is 2.04 bits per heavy atom. The van der Waals surface area contributed by atoms with Crippen LogP contribution in [0.25, 0.3) is 11.0 Å². The molecule has 0 spiro atoms. The van der Waals surface area contributed by atoms with E-state index in [0.29, 0.717) is 5.76 Å². The molecule has 1 heterocycles. The monoisotopic (exact) mass is 323 g/mol. The lowest BCUT2D eigenvalue weighted by Crippen LogP contribution is -2.17. The van der Waals surface area contributed by atoms with Crippen LogP contribution in [0.15, 0.2) is 58.0 Å². The predicted octanol–water partition coefficient (Wildman–Crippen LogP) is 3.41. The summed E-state index contributed by atoms with van der Waals surface area (Å²) >= 11 is 0. The number of nitro groups is 1. The van der Waals surface area contributed by atoms with Gasteiger partial charge in [0.25, 0.3) is 11.6 Å². The molecule has 0 radical (unpaired) electrons. The van der Waals surface area contributed by atoms with Gasteiger partial charge in [0.15, 0.2) is 0 Å². The van der Waals surface area contributed by atoms with E-state index < -0.39 is 10.8 Å². The Labute approximate surface area is 136 Å². The molecule has 0 atom stereocenters. The van der Waals surface area contributed by atoms with E-state index >= 15 is 0 Å². The van der Waals surface area contributed by atoms with Gasteiger partial charge in [-0.1, -0.05) is 24.3 Å². The molecule has 0 aliphatic carbocycles. The largest absolute Gasteiger partial charge is 0.461 e. The molecule has 24 heavy (non-hydrogen) atoms. The number of non-ortho nitro benzene ring substituents is 1. The summed E-state index contributed by atoms with van der Waals surface area (Å²) in [5.74, 6) is 0.157. The van der Waals surface area contributed by atoms with Crippen molar-refractivity contribution in [1.29, 1.82) is 0 Å². The highest BCUT2D eigenvalue weighted by molar-refractivity contribution is 6.00. The summed E-state index contributed by atoms with van der Waals surface area (Å²) < 4.78 is 5.60. The van der Waals surface area contributed by atoms with Crippen LogP contribution in [0.3, 0.4) is 0 Å². The van der Waals surface area contributed by atoms with Gasteiger partial charge < -0.3 is 4.42 Å². The topological polar surface area (TPSA) is 97.7 Å². The molecule has 0 saturated heterocycles. The summed E-state index contributed by atoms with van der Waals surface area (Å²) in [5.41, 5.74) is 3.88. The van der Waals surface area contributed by atoms with Crippen LogP contribution in [0, 0.1) is 17.0 Å². The number of nitrogens with one attached hydrogen (secondary N) is 1. The minimum Gasteiger partial charge on any atom is -0.461 e. The number of para-hydroxylation sites is 1. The number of nitrogens with zero attached hydrogens (tertiary/aromatic N) is 2. The number of hydrazone groups is 1. The molecule has 1 N–H and O–H groups in total. The standard InChI is InChI=1S/C17H13N3O4/c1-11-15(14-7-2-3-8-16(14)24-11)10-18-19-17(21)12-5-4-6-13(9-12)20(22)23/h2-10H,1H3,(H,19,21)/b18-10+. The van der Waals surface area contributed by atoms with E-state index in [1.165, 1.54) is 30.5 Å². The number of hydrogen-bond acceptors (Lipinski definition) is 5. The molecule has 0 fully saturated rings. The van der Waals surface area contributed by atoms with Crippen molar-refractivity contribution < 1.29 is 14.1 Å². The van der Waals surface area contributed by atoms with E-state index in [2.05, 4.69) is 10.5 Å². The van der Waals surface area contributed by atoms with Crippen LogP contribution in [0.5, 0.6) is 0 Å². The number of furan rings is 1. The first-order valence-corrected chi connectivity index (χ1v) is 7.12. The zero-order valence-electron chi connectivity index (χ0n) is 12.7. The Morgan fingerprint density at radius 1 is 1.25 bits per heavy atom. The second-order valence-electron chi connectivity index (χ2n) is 5.07. The van der Waals surface area contributed by atoms with Crippen molar-refractivity contribution in [3.63, 3.8) is 0 Å². The van der Waals surface area contributed by atoms with E-state index in [1.54, 1.807) is 0 Å². The van der Waals surface area contributed by atoms with Gasteiger partial charge in [-0.3, -0.25) is 14.9 Å². The number of fused-ring (bicyclic) bond motifs is 1. The van der Waals surface area contributed by atoms with Gasteiger partial charge in [-0.2, -0.15) is 5.10 Å². The highest BCUT2D eigenvalue weighted by atomic mass is 16.6. The van der Waals surface area contributed by atoms with Crippen LogP contribution >= 0.6 is 0 Å². The summed E-state index contributed by atoms with van der Waals surface area (Å²) in [6, 6.07) is 13.0. The fraction of sp³-hybridized carbons (Fsp3) is 0.0588. The lowest BCUT2D eigenvalue weighted by Gasteiger charge is -1.99. The number of nitro benzene ring substituents is 1. The van der Waals surface area contributed by atoms with Crippen molar-refractivity contribution in [2.24, 2.45) is 5.10 Å². The van der Waals surface area contributed by atoms with Crippen LogP contribution < -0.4 is 5.43 Å². The van der Waals surface area contributed by atoms with Crippen molar-refractivity contribution in [1.82, 2.24) is 5.43 Å². The summed E-state index contributed by atoms with van der Waals surface area (Å²) in [6.07, 6.45) is 1.50. The number of benzene rings is 2. The second kappa shape index (κ2) is 6.33. The third-order valence-corrected chi connectivity index (χ3v) is 3.50. The van der Waals surface area contributed by atoms with Crippen LogP contribution in [-0.4, -0.2) is 17.0 Å². The Kier molecular flexibility index (Phi) is 4.07. The molecule has 0 saturated carbocycles. The van der Waals surface area contributed by atoms with Crippen molar-refractivity contribution in [2.75, 3.05) is 0 Å². The summed E-state index contributed by atoms with van der Waals surface area (Å²) in [4.78, 5) is 22.2. The SMILES string of the molecule is Cc1oc2ccccc2c1/C=N/NC(=O)c1cccc([N+](=O)[O-])c1. The van der Waals surface area contributed by atoms with Crippen LogP contribution in [-0.2, 0) is 0 Å². The zero-order chi connectivity index (χ0) is 17.1. The van der Waals surface area contributed by atoms with Gasteiger partial charge in [0, 0.05) is 28.6 Å². The summed E-state index contributed by atoms with van der Waals surface area (Å²) in [7, 11) is 0. The molecular formula is C17H13N3O4. The van der Waals surface area contributed by atoms with Gasteiger partial charge in [-0.25, -0.2) is 5.43 Å². The first-order chi connectivity index (χ1) is 11.6. The van der Waals surface area contributed by atoms with Crippen LogP contribution in [0.4, 0.5) is 5.69 Å². The number of carbonyl (C=O) groups excluding carboxylic acids is 1. The van der Waals surface area contributed by atoms with Crippen molar-refractivity contribution in [3.05, 3.63) is 75.5 Å². The highest BCUT2D eigenvalue weighted by Gasteiger charge is 2.11. The molecule has 3 aromatic rings. The highest BCUT2D eigenvalue weighted by Crippen LogP contribution is 2.23. The van der Waals surface area contributed by atoms with E-state index in [1.807, 2.05) is 31.2 Å².